The van der Waals surface area contributed by atoms with Crippen LogP contribution in [-0.2, 0) is 0 Å². The Kier molecular flexibility index (Phi) is 5.85. The van der Waals surface area contributed by atoms with Crippen LogP contribution in [0.2, 0.25) is 5.02 Å². The highest BCUT2D eigenvalue weighted by Gasteiger charge is 2.32. The van der Waals surface area contributed by atoms with E-state index in [9.17, 15) is 5.11 Å². The molecule has 2 N–H and O–H groups in total. The number of rotatable bonds is 5. The molecular weight excluding hydrogens is 434 g/mol. The van der Waals surface area contributed by atoms with E-state index in [1.807, 2.05) is 50.2 Å². The van der Waals surface area contributed by atoms with Crippen LogP contribution in [-0.4, -0.2) is 31.8 Å². The number of ether oxygens (including phenoxy) is 1. The van der Waals surface area contributed by atoms with E-state index in [0.717, 1.165) is 42.3 Å². The molecule has 0 aliphatic heterocycles. The van der Waals surface area contributed by atoms with Crippen LogP contribution in [0.15, 0.2) is 60.7 Å². The molecule has 2 heterocycles. The van der Waals surface area contributed by atoms with Crippen LogP contribution in [0, 0.1) is 5.92 Å². The molecule has 33 heavy (non-hydrogen) atoms. The standard InChI is InChI=1S/C27H28ClN3O2/c1-27(2,32)20-12-14-21(15-13-20)33-26-29-23-16-22(28)24(30-25(23)31-26)19-10-8-18(9-11-19)17-6-4-3-5-7-17/h3-11,16,20-21,32H,12-15H2,1-2H3,(H,29,30,31). The first-order chi connectivity index (χ1) is 15.9. The second-order valence-electron chi connectivity index (χ2n) is 9.42. The Balaban J connectivity index is 1.33. The summed E-state index contributed by atoms with van der Waals surface area (Å²) in [6.07, 6.45) is 3.78. The average molecular weight is 462 g/mol. The fourth-order valence-electron chi connectivity index (χ4n) is 4.65. The summed E-state index contributed by atoms with van der Waals surface area (Å²) in [6.45, 7) is 3.78. The summed E-state index contributed by atoms with van der Waals surface area (Å²) in [5.74, 6) is 0.310. The topological polar surface area (TPSA) is 71.0 Å². The second-order valence-corrected chi connectivity index (χ2v) is 9.83. The largest absolute Gasteiger partial charge is 0.461 e. The number of H-pyrrole nitrogens is 1. The van der Waals surface area contributed by atoms with Gasteiger partial charge in [0.05, 0.1) is 21.8 Å². The molecule has 0 radical (unpaired) electrons. The van der Waals surface area contributed by atoms with Crippen LogP contribution in [0.5, 0.6) is 6.01 Å². The number of hydrogen-bond acceptors (Lipinski definition) is 4. The third kappa shape index (κ3) is 4.75. The van der Waals surface area contributed by atoms with Crippen LogP contribution < -0.4 is 4.74 Å². The van der Waals surface area contributed by atoms with Gasteiger partial charge in [0.15, 0.2) is 5.65 Å². The van der Waals surface area contributed by atoms with Crippen molar-refractivity contribution < 1.29 is 9.84 Å². The molecule has 0 saturated heterocycles. The van der Waals surface area contributed by atoms with Crippen molar-refractivity contribution in [3.8, 4) is 28.4 Å². The average Bonchev–Trinajstić information content (AvgIpc) is 3.20. The molecule has 0 atom stereocenters. The van der Waals surface area contributed by atoms with Crippen LogP contribution in [0.1, 0.15) is 39.5 Å². The van der Waals surface area contributed by atoms with Crippen molar-refractivity contribution in [1.29, 1.82) is 0 Å². The summed E-state index contributed by atoms with van der Waals surface area (Å²) in [5.41, 5.74) is 4.66. The second kappa shape index (κ2) is 8.81. The number of nitrogens with one attached hydrogen (secondary N) is 1. The van der Waals surface area contributed by atoms with Gasteiger partial charge in [-0.15, -0.1) is 0 Å². The lowest BCUT2D eigenvalue weighted by Crippen LogP contribution is -2.36. The van der Waals surface area contributed by atoms with E-state index in [2.05, 4.69) is 34.2 Å². The van der Waals surface area contributed by atoms with E-state index in [1.165, 1.54) is 5.56 Å². The number of hydrogen-bond donors (Lipinski definition) is 2. The molecule has 2 aromatic heterocycles. The lowest BCUT2D eigenvalue weighted by atomic mass is 9.78. The minimum Gasteiger partial charge on any atom is -0.461 e. The molecule has 6 heteroatoms. The fourth-order valence-corrected chi connectivity index (χ4v) is 4.91. The quantitative estimate of drug-likeness (QED) is 0.349. The lowest BCUT2D eigenvalue weighted by Gasteiger charge is -2.35. The number of nitrogens with zero attached hydrogens (tertiary/aromatic N) is 2. The molecule has 4 aromatic rings. The van der Waals surface area contributed by atoms with Crippen molar-refractivity contribution in [2.24, 2.45) is 5.92 Å². The van der Waals surface area contributed by atoms with Gasteiger partial charge in [0.2, 0.25) is 0 Å². The number of benzene rings is 2. The Morgan fingerprint density at radius 1 is 0.909 bits per heavy atom. The zero-order valence-electron chi connectivity index (χ0n) is 18.9. The van der Waals surface area contributed by atoms with Gasteiger partial charge in [-0.25, -0.2) is 4.98 Å². The van der Waals surface area contributed by atoms with E-state index >= 15 is 0 Å². The predicted molar refractivity (Wildman–Crippen MR) is 132 cm³/mol. The van der Waals surface area contributed by atoms with E-state index in [4.69, 9.17) is 21.3 Å². The molecule has 0 amide bonds. The van der Waals surface area contributed by atoms with Crippen LogP contribution in [0.25, 0.3) is 33.5 Å². The summed E-state index contributed by atoms with van der Waals surface area (Å²) in [7, 11) is 0. The molecule has 2 aromatic carbocycles. The number of aromatic amines is 1. The summed E-state index contributed by atoms with van der Waals surface area (Å²) in [5, 5.41) is 10.8. The number of imidazole rings is 1. The Bertz CT molecular complexity index is 1240. The first-order valence-corrected chi connectivity index (χ1v) is 11.9. The Morgan fingerprint density at radius 3 is 2.21 bits per heavy atom. The van der Waals surface area contributed by atoms with E-state index in [-0.39, 0.29) is 6.10 Å². The molecule has 1 aliphatic carbocycles. The van der Waals surface area contributed by atoms with Crippen molar-refractivity contribution in [2.75, 3.05) is 0 Å². The van der Waals surface area contributed by atoms with Gasteiger partial charge in [0, 0.05) is 5.56 Å². The minimum atomic E-state index is -0.638. The zero-order valence-corrected chi connectivity index (χ0v) is 19.6. The number of aliphatic hydroxyl groups is 1. The SMILES string of the molecule is CC(C)(O)C1CCC(Oc2nc3nc(-c4ccc(-c5ccccc5)cc4)c(Cl)cc3[nH]2)CC1. The fraction of sp³-hybridized carbons (Fsp3) is 0.333. The van der Waals surface area contributed by atoms with Crippen molar-refractivity contribution in [3.05, 3.63) is 65.7 Å². The van der Waals surface area contributed by atoms with Crippen molar-refractivity contribution in [3.63, 3.8) is 0 Å². The molecule has 1 saturated carbocycles. The zero-order chi connectivity index (χ0) is 23.0. The Hall–Kier alpha value is -2.89. The van der Waals surface area contributed by atoms with E-state index < -0.39 is 5.60 Å². The van der Waals surface area contributed by atoms with Gasteiger partial charge in [-0.2, -0.15) is 4.98 Å². The first kappa shape index (κ1) is 21.9. The monoisotopic (exact) mass is 461 g/mol. The maximum Gasteiger partial charge on any atom is 0.296 e. The Morgan fingerprint density at radius 2 is 1.55 bits per heavy atom. The molecule has 0 bridgehead atoms. The number of fused-ring (bicyclic) bond motifs is 1. The van der Waals surface area contributed by atoms with Gasteiger partial charge in [-0.1, -0.05) is 66.2 Å². The maximum atomic E-state index is 10.3. The molecule has 0 unspecified atom stereocenters. The number of halogens is 1. The molecule has 170 valence electrons. The molecule has 1 aliphatic rings. The van der Waals surface area contributed by atoms with Crippen LogP contribution in [0.3, 0.4) is 0 Å². The molecule has 5 nitrogen and oxygen atoms in total. The van der Waals surface area contributed by atoms with Crippen molar-refractivity contribution in [2.45, 2.75) is 51.2 Å². The molecule has 5 rings (SSSR count). The Labute approximate surface area is 198 Å². The van der Waals surface area contributed by atoms with Gasteiger partial charge < -0.3 is 14.8 Å². The van der Waals surface area contributed by atoms with Crippen molar-refractivity contribution >= 4 is 22.8 Å². The number of pyridine rings is 1. The van der Waals surface area contributed by atoms with Gasteiger partial charge in [0.1, 0.15) is 6.10 Å². The van der Waals surface area contributed by atoms with Crippen LogP contribution >= 0.6 is 11.6 Å². The maximum absolute atomic E-state index is 10.3. The van der Waals surface area contributed by atoms with Gasteiger partial charge in [0.25, 0.3) is 6.01 Å². The third-order valence-electron chi connectivity index (χ3n) is 6.62. The predicted octanol–water partition coefficient (Wildman–Crippen LogP) is 6.65. The van der Waals surface area contributed by atoms with Crippen LogP contribution in [0.4, 0.5) is 0 Å². The van der Waals surface area contributed by atoms with Gasteiger partial charge in [-0.05, 0) is 62.6 Å². The summed E-state index contributed by atoms with van der Waals surface area (Å²) >= 11 is 6.58. The first-order valence-electron chi connectivity index (χ1n) is 11.5. The summed E-state index contributed by atoms with van der Waals surface area (Å²) in [6, 6.07) is 20.8. The summed E-state index contributed by atoms with van der Waals surface area (Å²) in [4.78, 5) is 12.5. The normalized spacial score (nSPS) is 19.0. The highest BCUT2D eigenvalue weighted by molar-refractivity contribution is 6.33. The lowest BCUT2D eigenvalue weighted by molar-refractivity contribution is -0.0160. The highest BCUT2D eigenvalue weighted by atomic mass is 35.5. The minimum absolute atomic E-state index is 0.0876. The van der Waals surface area contributed by atoms with E-state index in [0.29, 0.717) is 28.3 Å². The van der Waals surface area contributed by atoms with Crippen molar-refractivity contribution in [1.82, 2.24) is 15.0 Å². The van der Waals surface area contributed by atoms with E-state index in [1.54, 1.807) is 0 Å². The van der Waals surface area contributed by atoms with Gasteiger partial charge >= 0.3 is 0 Å². The smallest absolute Gasteiger partial charge is 0.296 e. The third-order valence-corrected chi connectivity index (χ3v) is 6.91. The molecular formula is C27H28ClN3O2. The van der Waals surface area contributed by atoms with Gasteiger partial charge in [-0.3, -0.25) is 0 Å². The molecule has 1 fully saturated rings. The summed E-state index contributed by atoms with van der Waals surface area (Å²) < 4.78 is 6.12. The number of aromatic nitrogens is 3. The highest BCUT2D eigenvalue weighted by Crippen LogP contribution is 2.35. The molecule has 0 spiro atoms.